The number of rotatable bonds is 6. The van der Waals surface area contributed by atoms with Crippen LogP contribution in [0.25, 0.3) is 0 Å². The Hall–Kier alpha value is -3.04. The van der Waals surface area contributed by atoms with E-state index < -0.39 is 10.0 Å². The lowest BCUT2D eigenvalue weighted by molar-refractivity contribution is 0.102. The summed E-state index contributed by atoms with van der Waals surface area (Å²) in [5.41, 5.74) is 2.46. The summed E-state index contributed by atoms with van der Waals surface area (Å²) in [6, 6.07) is 13.6. The van der Waals surface area contributed by atoms with Crippen molar-refractivity contribution in [2.75, 3.05) is 30.4 Å². The molecule has 1 N–H and O–H groups in total. The van der Waals surface area contributed by atoms with Crippen LogP contribution in [-0.2, 0) is 16.4 Å². The lowest BCUT2D eigenvalue weighted by Gasteiger charge is -2.30. The molecular formula is C22H22N2O5S2. The van der Waals surface area contributed by atoms with Gasteiger partial charge in [0.2, 0.25) is 0 Å². The smallest absolute Gasteiger partial charge is 0.273 e. The van der Waals surface area contributed by atoms with Crippen LogP contribution in [0, 0.1) is 0 Å². The first kappa shape index (κ1) is 21.2. The molecule has 0 saturated heterocycles. The van der Waals surface area contributed by atoms with Gasteiger partial charge in [-0.1, -0.05) is 12.1 Å². The van der Waals surface area contributed by atoms with Crippen molar-refractivity contribution >= 4 is 38.6 Å². The van der Waals surface area contributed by atoms with Crippen molar-refractivity contribution in [3.8, 4) is 11.5 Å². The van der Waals surface area contributed by atoms with E-state index >= 15 is 0 Å². The van der Waals surface area contributed by atoms with Gasteiger partial charge in [-0.3, -0.25) is 9.10 Å². The number of thiophene rings is 1. The molecule has 0 saturated carbocycles. The third-order valence-electron chi connectivity index (χ3n) is 5.10. The minimum absolute atomic E-state index is 0.306. The number of carbonyl (C=O) groups is 1. The quantitative estimate of drug-likeness (QED) is 0.600. The Balaban J connectivity index is 1.63. The summed E-state index contributed by atoms with van der Waals surface area (Å²) in [4.78, 5) is 12.8. The van der Waals surface area contributed by atoms with E-state index in [1.807, 2.05) is 6.07 Å². The molecule has 0 aliphatic carbocycles. The fraction of sp³-hybridized carbons (Fsp3) is 0.227. The molecule has 2 aromatic carbocycles. The van der Waals surface area contributed by atoms with Crippen molar-refractivity contribution in [3.05, 3.63) is 65.0 Å². The summed E-state index contributed by atoms with van der Waals surface area (Å²) in [7, 11) is -0.603. The first-order valence-corrected chi connectivity index (χ1v) is 12.0. The number of ether oxygens (including phenoxy) is 2. The van der Waals surface area contributed by atoms with E-state index in [2.05, 4.69) is 5.32 Å². The monoisotopic (exact) mass is 458 g/mol. The highest BCUT2D eigenvalue weighted by molar-refractivity contribution is 7.94. The van der Waals surface area contributed by atoms with Crippen LogP contribution in [0.4, 0.5) is 11.4 Å². The van der Waals surface area contributed by atoms with E-state index in [1.165, 1.54) is 29.9 Å². The average Bonchev–Trinajstić information content (AvgIpc) is 3.34. The molecule has 9 heteroatoms. The van der Waals surface area contributed by atoms with Crippen molar-refractivity contribution in [2.45, 2.75) is 17.1 Å². The molecule has 3 aromatic rings. The molecule has 1 aromatic heterocycles. The highest BCUT2D eigenvalue weighted by Crippen LogP contribution is 2.35. The number of anilines is 2. The minimum atomic E-state index is -3.64. The first-order valence-electron chi connectivity index (χ1n) is 9.66. The second kappa shape index (κ2) is 8.60. The van der Waals surface area contributed by atoms with Gasteiger partial charge >= 0.3 is 0 Å². The van der Waals surface area contributed by atoms with E-state index in [0.29, 0.717) is 39.2 Å². The van der Waals surface area contributed by atoms with Gasteiger partial charge in [0.05, 0.1) is 19.9 Å². The molecule has 0 bridgehead atoms. The second-order valence-electron chi connectivity index (χ2n) is 6.98. The highest BCUT2D eigenvalue weighted by atomic mass is 32.2. The van der Waals surface area contributed by atoms with Crippen molar-refractivity contribution in [3.63, 3.8) is 0 Å². The number of aryl methyl sites for hydroxylation is 1. The topological polar surface area (TPSA) is 84.9 Å². The summed E-state index contributed by atoms with van der Waals surface area (Å²) in [5.74, 6) is 0.653. The summed E-state index contributed by atoms with van der Waals surface area (Å²) < 4.78 is 38.4. The maximum atomic E-state index is 13.1. The van der Waals surface area contributed by atoms with Gasteiger partial charge in [-0.25, -0.2) is 8.42 Å². The number of methoxy groups -OCH3 is 2. The Labute approximate surface area is 185 Å². The largest absolute Gasteiger partial charge is 0.493 e. The molecule has 1 amide bonds. The van der Waals surface area contributed by atoms with Crippen LogP contribution < -0.4 is 19.1 Å². The molecule has 7 nitrogen and oxygen atoms in total. The van der Waals surface area contributed by atoms with Gasteiger partial charge in [-0.15, -0.1) is 11.3 Å². The van der Waals surface area contributed by atoms with Crippen LogP contribution in [-0.4, -0.2) is 35.1 Å². The molecule has 0 fully saturated rings. The first-order chi connectivity index (χ1) is 14.9. The number of nitrogens with one attached hydrogen (secondary N) is 1. The van der Waals surface area contributed by atoms with E-state index in [0.717, 1.165) is 18.4 Å². The third-order valence-corrected chi connectivity index (χ3v) is 8.29. The van der Waals surface area contributed by atoms with Crippen LogP contribution in [0.5, 0.6) is 11.5 Å². The number of sulfonamides is 1. The van der Waals surface area contributed by atoms with Crippen LogP contribution in [0.15, 0.2) is 58.1 Å². The summed E-state index contributed by atoms with van der Waals surface area (Å²) in [5, 5.41) is 4.60. The molecule has 0 spiro atoms. The molecule has 1 aliphatic rings. The fourth-order valence-corrected chi connectivity index (χ4v) is 6.21. The van der Waals surface area contributed by atoms with Crippen molar-refractivity contribution in [1.29, 1.82) is 0 Å². The maximum absolute atomic E-state index is 13.1. The Morgan fingerprint density at radius 3 is 2.58 bits per heavy atom. The average molecular weight is 459 g/mol. The number of benzene rings is 2. The summed E-state index contributed by atoms with van der Waals surface area (Å²) in [6.45, 7) is 0.403. The van der Waals surface area contributed by atoms with Gasteiger partial charge in [0.25, 0.3) is 15.9 Å². The number of carbonyl (C=O) groups excluding carboxylic acids is 1. The molecule has 0 atom stereocenters. The molecule has 0 unspecified atom stereocenters. The Kier molecular flexibility index (Phi) is 5.88. The highest BCUT2D eigenvalue weighted by Gasteiger charge is 2.30. The van der Waals surface area contributed by atoms with Crippen molar-refractivity contribution in [1.82, 2.24) is 0 Å². The van der Waals surface area contributed by atoms with Gasteiger partial charge in [-0.2, -0.15) is 0 Å². The predicted molar refractivity (Wildman–Crippen MR) is 121 cm³/mol. The van der Waals surface area contributed by atoms with Gasteiger partial charge in [0.1, 0.15) is 4.21 Å². The van der Waals surface area contributed by atoms with Crippen LogP contribution in [0.1, 0.15) is 22.3 Å². The minimum Gasteiger partial charge on any atom is -0.493 e. The maximum Gasteiger partial charge on any atom is 0.273 e. The zero-order valence-electron chi connectivity index (χ0n) is 17.1. The van der Waals surface area contributed by atoms with E-state index in [4.69, 9.17) is 9.47 Å². The third kappa shape index (κ3) is 4.11. The molecule has 1 aliphatic heterocycles. The molecule has 4 rings (SSSR count). The molecule has 0 radical (unpaired) electrons. The van der Waals surface area contributed by atoms with Crippen LogP contribution in [0.2, 0.25) is 0 Å². The zero-order valence-corrected chi connectivity index (χ0v) is 18.8. The Morgan fingerprint density at radius 2 is 1.87 bits per heavy atom. The normalized spacial score (nSPS) is 13.4. The lowest BCUT2D eigenvalue weighted by atomic mass is 10.0. The molecular weight excluding hydrogens is 436 g/mol. The molecule has 162 valence electrons. The second-order valence-corrected chi connectivity index (χ2v) is 10.0. The van der Waals surface area contributed by atoms with E-state index in [1.54, 1.807) is 47.8 Å². The van der Waals surface area contributed by atoms with Gasteiger partial charge in [0, 0.05) is 17.8 Å². The van der Waals surface area contributed by atoms with Crippen molar-refractivity contribution in [2.24, 2.45) is 0 Å². The molecule has 2 heterocycles. The number of nitrogens with zero attached hydrogens (tertiary/aromatic N) is 1. The number of fused-ring (bicyclic) bond motifs is 1. The molecule has 31 heavy (non-hydrogen) atoms. The van der Waals surface area contributed by atoms with E-state index in [9.17, 15) is 13.2 Å². The van der Waals surface area contributed by atoms with E-state index in [-0.39, 0.29) is 5.91 Å². The number of hydrogen-bond donors (Lipinski definition) is 1. The van der Waals surface area contributed by atoms with Gasteiger partial charge in [-0.05, 0) is 60.2 Å². The van der Waals surface area contributed by atoms with Crippen molar-refractivity contribution < 1.29 is 22.7 Å². The van der Waals surface area contributed by atoms with Gasteiger partial charge in [0.15, 0.2) is 11.5 Å². The zero-order chi connectivity index (χ0) is 22.0. The van der Waals surface area contributed by atoms with Gasteiger partial charge < -0.3 is 14.8 Å². The number of hydrogen-bond acceptors (Lipinski definition) is 6. The van der Waals surface area contributed by atoms with Crippen LogP contribution >= 0.6 is 11.3 Å². The fourth-order valence-electron chi connectivity index (χ4n) is 3.57. The van der Waals surface area contributed by atoms with Crippen LogP contribution in [0.3, 0.4) is 0 Å². The Bertz CT molecular complexity index is 1210. The Morgan fingerprint density at radius 1 is 1.06 bits per heavy atom. The predicted octanol–water partition coefficient (Wildman–Crippen LogP) is 4.16. The SMILES string of the molecule is COc1ccc(C(=O)Nc2ccc3c(c2)N(S(=O)(=O)c2cccs2)CCC3)cc1OC. The lowest BCUT2D eigenvalue weighted by Crippen LogP contribution is -2.35. The summed E-state index contributed by atoms with van der Waals surface area (Å²) in [6.07, 6.45) is 1.53. The standard InChI is InChI=1S/C22H22N2O5S2/c1-28-19-10-8-16(13-20(19)29-2)22(25)23-17-9-7-15-5-3-11-24(18(15)14-17)31(26,27)21-6-4-12-30-21/h4,6-10,12-14H,3,5,11H2,1-2H3,(H,23,25). The number of amides is 1. The summed E-state index contributed by atoms with van der Waals surface area (Å²) >= 11 is 1.20.